The zero-order valence-corrected chi connectivity index (χ0v) is 20.5. The van der Waals surface area contributed by atoms with E-state index in [-0.39, 0.29) is 6.10 Å². The second-order valence-corrected chi connectivity index (χ2v) is 9.12. The summed E-state index contributed by atoms with van der Waals surface area (Å²) in [5, 5.41) is 0.644. The van der Waals surface area contributed by atoms with Gasteiger partial charge in [-0.05, 0) is 60.9 Å². The molecule has 0 aliphatic carbocycles. The monoisotopic (exact) mass is 464 g/mol. The first kappa shape index (κ1) is 23.5. The number of para-hydroxylation sites is 1. The summed E-state index contributed by atoms with van der Waals surface area (Å²) in [7, 11) is 1.69. The Morgan fingerprint density at radius 1 is 0.909 bits per heavy atom. The number of ether oxygens (including phenoxy) is 2. The number of hydrogen-bond donors (Lipinski definition) is 0. The number of piperazine rings is 1. The van der Waals surface area contributed by atoms with E-state index in [1.54, 1.807) is 7.11 Å². The summed E-state index contributed by atoms with van der Waals surface area (Å²) in [6, 6.07) is 22.7. The molecule has 0 bridgehead atoms. The molecule has 4 nitrogen and oxygen atoms in total. The van der Waals surface area contributed by atoms with E-state index >= 15 is 0 Å². The minimum atomic E-state index is -0.0791. The zero-order chi connectivity index (χ0) is 23.2. The molecule has 1 atom stereocenters. The van der Waals surface area contributed by atoms with Crippen LogP contribution in [-0.2, 0) is 0 Å². The quantitative estimate of drug-likeness (QED) is 0.390. The summed E-state index contributed by atoms with van der Waals surface area (Å²) in [6.07, 6.45) is 0.811. The molecule has 1 saturated heterocycles. The molecule has 1 unspecified atom stereocenters. The summed E-state index contributed by atoms with van der Waals surface area (Å²) in [4.78, 5) is 5.03. The molecule has 5 heteroatoms. The van der Waals surface area contributed by atoms with Crippen LogP contribution in [0.1, 0.15) is 29.2 Å². The Morgan fingerprint density at radius 2 is 1.64 bits per heavy atom. The normalized spacial score (nSPS) is 15.3. The van der Waals surface area contributed by atoms with Crippen molar-refractivity contribution < 1.29 is 9.47 Å². The molecule has 0 spiro atoms. The van der Waals surface area contributed by atoms with Crippen molar-refractivity contribution >= 4 is 17.3 Å². The number of methoxy groups -OCH3 is 1. The smallest absolute Gasteiger partial charge is 0.139 e. The minimum Gasteiger partial charge on any atom is -0.497 e. The molecule has 1 fully saturated rings. The molecule has 0 aromatic heterocycles. The molecule has 0 N–H and O–H groups in total. The lowest BCUT2D eigenvalue weighted by Gasteiger charge is -2.37. The van der Waals surface area contributed by atoms with Crippen LogP contribution < -0.4 is 14.4 Å². The molecule has 0 saturated carbocycles. The molecule has 174 valence electrons. The number of anilines is 1. The van der Waals surface area contributed by atoms with Gasteiger partial charge in [-0.25, -0.2) is 0 Å². The highest BCUT2D eigenvalue weighted by Crippen LogP contribution is 2.32. The summed E-state index contributed by atoms with van der Waals surface area (Å²) >= 11 is 6.45. The van der Waals surface area contributed by atoms with Crippen LogP contribution in [0.15, 0.2) is 66.7 Å². The average molecular weight is 465 g/mol. The Morgan fingerprint density at radius 3 is 2.33 bits per heavy atom. The van der Waals surface area contributed by atoms with Crippen LogP contribution in [0.4, 0.5) is 5.69 Å². The van der Waals surface area contributed by atoms with E-state index in [0.29, 0.717) is 5.02 Å². The van der Waals surface area contributed by atoms with E-state index in [0.717, 1.165) is 61.8 Å². The van der Waals surface area contributed by atoms with Crippen LogP contribution in [0.2, 0.25) is 5.02 Å². The average Bonchev–Trinajstić information content (AvgIpc) is 2.84. The van der Waals surface area contributed by atoms with Gasteiger partial charge in [0, 0.05) is 44.8 Å². The molecule has 1 aliphatic rings. The fourth-order valence-corrected chi connectivity index (χ4v) is 4.56. The van der Waals surface area contributed by atoms with Gasteiger partial charge in [0.25, 0.3) is 0 Å². The highest BCUT2D eigenvalue weighted by atomic mass is 35.5. The number of aryl methyl sites for hydroxylation is 2. The topological polar surface area (TPSA) is 24.9 Å². The van der Waals surface area contributed by atoms with Gasteiger partial charge in [-0.1, -0.05) is 48.0 Å². The Hall–Kier alpha value is -2.69. The highest BCUT2D eigenvalue weighted by molar-refractivity contribution is 6.32. The molecule has 1 heterocycles. The van der Waals surface area contributed by atoms with Crippen LogP contribution in [0.5, 0.6) is 11.5 Å². The van der Waals surface area contributed by atoms with Gasteiger partial charge in [-0.3, -0.25) is 4.90 Å². The molecular weight excluding hydrogens is 432 g/mol. The maximum atomic E-state index is 6.47. The zero-order valence-electron chi connectivity index (χ0n) is 19.8. The van der Waals surface area contributed by atoms with Crippen molar-refractivity contribution in [2.45, 2.75) is 26.4 Å². The number of benzene rings is 3. The third-order valence-electron chi connectivity index (χ3n) is 6.38. The van der Waals surface area contributed by atoms with E-state index in [1.165, 1.54) is 11.3 Å². The van der Waals surface area contributed by atoms with E-state index < -0.39 is 0 Å². The Bertz CT molecular complexity index is 1050. The summed E-state index contributed by atoms with van der Waals surface area (Å²) in [5.74, 6) is 1.58. The lowest BCUT2D eigenvalue weighted by atomic mass is 10.1. The van der Waals surface area contributed by atoms with Crippen LogP contribution in [0.3, 0.4) is 0 Å². The summed E-state index contributed by atoms with van der Waals surface area (Å²) < 4.78 is 11.8. The highest BCUT2D eigenvalue weighted by Gasteiger charge is 2.21. The lowest BCUT2D eigenvalue weighted by molar-refractivity contribution is 0.160. The lowest BCUT2D eigenvalue weighted by Crippen LogP contribution is -2.47. The Balaban J connectivity index is 1.42. The van der Waals surface area contributed by atoms with Crippen molar-refractivity contribution in [1.82, 2.24) is 4.90 Å². The molecule has 4 rings (SSSR count). The van der Waals surface area contributed by atoms with Crippen LogP contribution in [0.25, 0.3) is 0 Å². The maximum Gasteiger partial charge on any atom is 0.139 e. The van der Waals surface area contributed by atoms with Crippen LogP contribution in [-0.4, -0.2) is 44.7 Å². The first-order valence-corrected chi connectivity index (χ1v) is 12.0. The standard InChI is InChI=1S/C28H33ClN2O2/c1-21-8-13-25(29)28(20-21)33-27(23-9-11-24(32-3)12-10-23)14-15-30-16-18-31(19-17-30)26-7-5-4-6-22(26)2/h4-13,20,27H,14-19H2,1-3H3. The van der Waals surface area contributed by atoms with Crippen molar-refractivity contribution in [3.8, 4) is 11.5 Å². The van der Waals surface area contributed by atoms with Crippen molar-refractivity contribution in [3.05, 3.63) is 88.4 Å². The fraction of sp³-hybridized carbons (Fsp3) is 0.357. The first-order valence-electron chi connectivity index (χ1n) is 11.6. The molecule has 3 aromatic carbocycles. The number of hydrogen-bond acceptors (Lipinski definition) is 4. The molecular formula is C28H33ClN2O2. The molecule has 0 amide bonds. The van der Waals surface area contributed by atoms with Gasteiger partial charge in [-0.2, -0.15) is 0 Å². The molecule has 33 heavy (non-hydrogen) atoms. The van der Waals surface area contributed by atoms with Crippen LogP contribution in [0, 0.1) is 13.8 Å². The van der Waals surface area contributed by atoms with E-state index in [4.69, 9.17) is 21.1 Å². The Labute approximate surface area is 202 Å². The molecule has 3 aromatic rings. The van der Waals surface area contributed by atoms with Crippen LogP contribution >= 0.6 is 11.6 Å². The summed E-state index contributed by atoms with van der Waals surface area (Å²) in [6.45, 7) is 9.41. The number of halogens is 1. The van der Waals surface area contributed by atoms with Gasteiger partial charge in [-0.15, -0.1) is 0 Å². The van der Waals surface area contributed by atoms with E-state index in [1.807, 2.05) is 30.3 Å². The first-order chi connectivity index (χ1) is 16.0. The second-order valence-electron chi connectivity index (χ2n) is 8.72. The van der Waals surface area contributed by atoms with E-state index in [2.05, 4.69) is 60.0 Å². The van der Waals surface area contributed by atoms with Gasteiger partial charge < -0.3 is 14.4 Å². The van der Waals surface area contributed by atoms with Gasteiger partial charge in [0.2, 0.25) is 0 Å². The minimum absolute atomic E-state index is 0.0791. The van der Waals surface area contributed by atoms with Crippen molar-refractivity contribution in [1.29, 1.82) is 0 Å². The fourth-order valence-electron chi connectivity index (χ4n) is 4.40. The Kier molecular flexibility index (Phi) is 7.79. The van der Waals surface area contributed by atoms with Crippen molar-refractivity contribution in [3.63, 3.8) is 0 Å². The third kappa shape index (κ3) is 6.01. The third-order valence-corrected chi connectivity index (χ3v) is 6.69. The maximum absolute atomic E-state index is 6.47. The predicted molar refractivity (Wildman–Crippen MR) is 137 cm³/mol. The van der Waals surface area contributed by atoms with Gasteiger partial charge in [0.15, 0.2) is 0 Å². The van der Waals surface area contributed by atoms with Gasteiger partial charge in [0.1, 0.15) is 17.6 Å². The molecule has 0 radical (unpaired) electrons. The predicted octanol–water partition coefficient (Wildman–Crippen LogP) is 6.30. The van der Waals surface area contributed by atoms with Crippen molar-refractivity contribution in [2.24, 2.45) is 0 Å². The number of nitrogens with zero attached hydrogens (tertiary/aromatic N) is 2. The van der Waals surface area contributed by atoms with Crippen molar-refractivity contribution in [2.75, 3.05) is 44.7 Å². The largest absolute Gasteiger partial charge is 0.497 e. The second kappa shape index (κ2) is 11.0. The molecule has 1 aliphatic heterocycles. The van der Waals surface area contributed by atoms with Gasteiger partial charge >= 0.3 is 0 Å². The van der Waals surface area contributed by atoms with E-state index in [9.17, 15) is 0 Å². The number of rotatable bonds is 8. The van der Waals surface area contributed by atoms with Gasteiger partial charge in [0.05, 0.1) is 12.1 Å². The summed E-state index contributed by atoms with van der Waals surface area (Å²) in [5.41, 5.74) is 4.96. The SMILES string of the molecule is COc1ccc(C(CCN2CCN(c3ccccc3C)CC2)Oc2cc(C)ccc2Cl)cc1.